The first-order valence-corrected chi connectivity index (χ1v) is 6.41. The van der Waals surface area contributed by atoms with Gasteiger partial charge in [-0.05, 0) is 24.0 Å². The zero-order chi connectivity index (χ0) is 16.5. The molecule has 0 unspecified atom stereocenters. The van der Waals surface area contributed by atoms with Crippen LogP contribution >= 0.6 is 0 Å². The predicted octanol–water partition coefficient (Wildman–Crippen LogP) is 0.980. The highest BCUT2D eigenvalue weighted by molar-refractivity contribution is 5.73. The Hall–Kier alpha value is -2.34. The lowest BCUT2D eigenvalue weighted by atomic mass is 10.3. The van der Waals surface area contributed by atoms with Gasteiger partial charge < -0.3 is 15.7 Å². The SMILES string of the molecule is N#Cc1ccc(N2C[C@@H]3[C@@H](N)[C@@H]3C2)nc1.O=C(O)C(F)(F)F. The Labute approximate surface area is 124 Å². The average Bonchev–Trinajstić information content (AvgIpc) is 2.90. The average molecular weight is 314 g/mol. The number of hydrogen-bond acceptors (Lipinski definition) is 5. The van der Waals surface area contributed by atoms with Gasteiger partial charge in [0.25, 0.3) is 0 Å². The zero-order valence-corrected chi connectivity index (χ0v) is 11.3. The molecule has 0 amide bonds. The molecule has 0 bridgehead atoms. The largest absolute Gasteiger partial charge is 0.490 e. The molecule has 0 aromatic carbocycles. The Morgan fingerprint density at radius 3 is 2.32 bits per heavy atom. The van der Waals surface area contributed by atoms with Gasteiger partial charge in [-0.3, -0.25) is 0 Å². The second-order valence-electron chi connectivity index (χ2n) is 5.13. The number of hydrogen-bond donors (Lipinski definition) is 2. The molecule has 6 nitrogen and oxygen atoms in total. The maximum absolute atomic E-state index is 10.6. The molecule has 2 heterocycles. The van der Waals surface area contributed by atoms with Crippen molar-refractivity contribution in [2.45, 2.75) is 12.2 Å². The third-order valence-corrected chi connectivity index (χ3v) is 3.70. The summed E-state index contributed by atoms with van der Waals surface area (Å²) >= 11 is 0. The maximum atomic E-state index is 10.6. The summed E-state index contributed by atoms with van der Waals surface area (Å²) in [6.45, 7) is 2.04. The third kappa shape index (κ3) is 3.46. The van der Waals surface area contributed by atoms with E-state index in [2.05, 4.69) is 16.0 Å². The number of carbonyl (C=O) groups is 1. The fraction of sp³-hybridized carbons (Fsp3) is 0.462. The molecular weight excluding hydrogens is 301 g/mol. The van der Waals surface area contributed by atoms with Crippen molar-refractivity contribution in [3.63, 3.8) is 0 Å². The summed E-state index contributed by atoms with van der Waals surface area (Å²) in [5, 5.41) is 15.8. The van der Waals surface area contributed by atoms with Crippen LogP contribution < -0.4 is 10.6 Å². The molecule has 1 saturated carbocycles. The van der Waals surface area contributed by atoms with E-state index in [4.69, 9.17) is 20.9 Å². The Balaban J connectivity index is 0.000000217. The summed E-state index contributed by atoms with van der Waals surface area (Å²) in [7, 11) is 0. The molecule has 1 aromatic rings. The van der Waals surface area contributed by atoms with E-state index in [0.717, 1.165) is 18.9 Å². The summed E-state index contributed by atoms with van der Waals surface area (Å²) in [6.07, 6.45) is -3.46. The van der Waals surface area contributed by atoms with Gasteiger partial charge in [-0.25, -0.2) is 9.78 Å². The highest BCUT2D eigenvalue weighted by Gasteiger charge is 2.53. The molecule has 118 valence electrons. The Morgan fingerprint density at radius 2 is 1.95 bits per heavy atom. The number of pyridine rings is 1. The molecule has 3 atom stereocenters. The first-order chi connectivity index (χ1) is 10.2. The van der Waals surface area contributed by atoms with Gasteiger partial charge in [0.2, 0.25) is 0 Å². The monoisotopic (exact) mass is 314 g/mol. The first-order valence-electron chi connectivity index (χ1n) is 6.41. The molecule has 0 spiro atoms. The maximum Gasteiger partial charge on any atom is 0.490 e. The summed E-state index contributed by atoms with van der Waals surface area (Å²) in [5.74, 6) is -0.453. The van der Waals surface area contributed by atoms with Gasteiger partial charge in [-0.15, -0.1) is 0 Å². The summed E-state index contributed by atoms with van der Waals surface area (Å²) in [5.41, 5.74) is 6.48. The number of nitrogens with zero attached hydrogens (tertiary/aromatic N) is 3. The van der Waals surface area contributed by atoms with Crippen molar-refractivity contribution in [1.82, 2.24) is 4.98 Å². The van der Waals surface area contributed by atoms with Crippen LogP contribution in [0.25, 0.3) is 0 Å². The summed E-state index contributed by atoms with van der Waals surface area (Å²) < 4.78 is 31.7. The molecule has 1 aliphatic heterocycles. The fourth-order valence-corrected chi connectivity index (χ4v) is 2.40. The van der Waals surface area contributed by atoms with E-state index >= 15 is 0 Å². The number of anilines is 1. The van der Waals surface area contributed by atoms with Crippen LogP contribution in [-0.2, 0) is 4.79 Å². The van der Waals surface area contributed by atoms with E-state index in [9.17, 15) is 13.2 Å². The van der Waals surface area contributed by atoms with E-state index in [1.54, 1.807) is 6.20 Å². The van der Waals surface area contributed by atoms with E-state index in [1.807, 2.05) is 12.1 Å². The van der Waals surface area contributed by atoms with Crippen LogP contribution in [0.3, 0.4) is 0 Å². The molecule has 0 radical (unpaired) electrons. The topological polar surface area (TPSA) is 103 Å². The standard InChI is InChI=1S/C11H12N4.C2HF3O2/c12-3-7-1-2-10(14-4-7)15-5-8-9(6-15)11(8)13;3-2(4,5)1(6)7/h1-2,4,8-9,11H,5-6,13H2;(H,6,7)/t8-,9+,11+;. The van der Waals surface area contributed by atoms with Crippen molar-refractivity contribution in [1.29, 1.82) is 5.26 Å². The molecule has 1 aliphatic carbocycles. The second-order valence-corrected chi connectivity index (χ2v) is 5.13. The number of fused-ring (bicyclic) bond motifs is 1. The zero-order valence-electron chi connectivity index (χ0n) is 11.3. The third-order valence-electron chi connectivity index (χ3n) is 3.70. The number of aliphatic carboxylic acids is 1. The van der Waals surface area contributed by atoms with Crippen LogP contribution in [0, 0.1) is 23.2 Å². The van der Waals surface area contributed by atoms with Gasteiger partial charge >= 0.3 is 12.1 Å². The summed E-state index contributed by atoms with van der Waals surface area (Å²) in [6, 6.07) is 6.21. The van der Waals surface area contributed by atoms with E-state index < -0.39 is 12.1 Å². The lowest BCUT2D eigenvalue weighted by molar-refractivity contribution is -0.192. The minimum atomic E-state index is -5.08. The molecule has 1 saturated heterocycles. The first kappa shape index (κ1) is 16.0. The lowest BCUT2D eigenvalue weighted by Gasteiger charge is -2.19. The number of piperidine rings is 1. The van der Waals surface area contributed by atoms with Gasteiger partial charge in [0.05, 0.1) is 5.56 Å². The highest BCUT2D eigenvalue weighted by atomic mass is 19.4. The number of nitriles is 1. The number of rotatable bonds is 1. The van der Waals surface area contributed by atoms with Crippen LogP contribution in [0.5, 0.6) is 0 Å². The minimum absolute atomic E-state index is 0.416. The van der Waals surface area contributed by atoms with Crippen LogP contribution in [0.2, 0.25) is 0 Å². The molecule has 1 aromatic heterocycles. The van der Waals surface area contributed by atoms with Crippen molar-refractivity contribution in [2.75, 3.05) is 18.0 Å². The molecule has 3 N–H and O–H groups in total. The van der Waals surface area contributed by atoms with Crippen molar-refractivity contribution in [2.24, 2.45) is 17.6 Å². The Morgan fingerprint density at radius 1 is 1.41 bits per heavy atom. The van der Waals surface area contributed by atoms with Crippen LogP contribution in [0.1, 0.15) is 5.56 Å². The molecule has 22 heavy (non-hydrogen) atoms. The fourth-order valence-electron chi connectivity index (χ4n) is 2.40. The quantitative estimate of drug-likeness (QED) is 0.801. The minimum Gasteiger partial charge on any atom is -0.475 e. The lowest BCUT2D eigenvalue weighted by Crippen LogP contribution is -2.28. The number of alkyl halides is 3. The molecule has 3 rings (SSSR count). The van der Waals surface area contributed by atoms with Crippen LogP contribution in [0.4, 0.5) is 19.0 Å². The van der Waals surface area contributed by atoms with Crippen LogP contribution in [0.15, 0.2) is 18.3 Å². The van der Waals surface area contributed by atoms with Gasteiger partial charge in [0.1, 0.15) is 11.9 Å². The number of aromatic nitrogens is 1. The van der Waals surface area contributed by atoms with Gasteiger partial charge in [0, 0.05) is 25.3 Å². The number of carboxylic acids is 1. The molecular formula is C13H13F3N4O2. The van der Waals surface area contributed by atoms with Crippen LogP contribution in [-0.4, -0.2) is 41.4 Å². The number of nitrogens with two attached hydrogens (primary N) is 1. The number of halogens is 3. The van der Waals surface area contributed by atoms with Gasteiger partial charge in [0.15, 0.2) is 0 Å². The van der Waals surface area contributed by atoms with E-state index in [1.165, 1.54) is 0 Å². The Bertz CT molecular complexity index is 585. The van der Waals surface area contributed by atoms with Crippen molar-refractivity contribution >= 4 is 11.8 Å². The van der Waals surface area contributed by atoms with Gasteiger partial charge in [-0.2, -0.15) is 18.4 Å². The van der Waals surface area contributed by atoms with Crippen molar-refractivity contribution in [3.8, 4) is 6.07 Å². The number of carboxylic acid groups (broad SMARTS) is 1. The van der Waals surface area contributed by atoms with E-state index in [-0.39, 0.29) is 0 Å². The van der Waals surface area contributed by atoms with E-state index in [0.29, 0.717) is 23.4 Å². The Kier molecular flexibility index (Phi) is 4.23. The molecule has 2 fully saturated rings. The normalized spacial score (nSPS) is 25.6. The predicted molar refractivity (Wildman–Crippen MR) is 69.8 cm³/mol. The molecule has 2 aliphatic rings. The van der Waals surface area contributed by atoms with Crippen molar-refractivity contribution in [3.05, 3.63) is 23.9 Å². The molecule has 9 heteroatoms. The second kappa shape index (κ2) is 5.81. The smallest absolute Gasteiger partial charge is 0.475 e. The van der Waals surface area contributed by atoms with Gasteiger partial charge in [-0.1, -0.05) is 0 Å². The summed E-state index contributed by atoms with van der Waals surface area (Å²) in [4.78, 5) is 15.4. The highest BCUT2D eigenvalue weighted by Crippen LogP contribution is 2.44. The van der Waals surface area contributed by atoms with Crippen molar-refractivity contribution < 1.29 is 23.1 Å².